The molecule has 1 amide bonds. The molecule has 1 fully saturated rings. The normalized spacial score (nSPS) is 21.8. The first kappa shape index (κ1) is 16.3. The van der Waals surface area contributed by atoms with E-state index in [-0.39, 0.29) is 12.3 Å². The van der Waals surface area contributed by atoms with Crippen LogP contribution >= 0.6 is 11.8 Å². The highest BCUT2D eigenvalue weighted by molar-refractivity contribution is 8.01. The summed E-state index contributed by atoms with van der Waals surface area (Å²) in [4.78, 5) is 47.5. The summed E-state index contributed by atoms with van der Waals surface area (Å²) < 4.78 is 14.3. The summed E-state index contributed by atoms with van der Waals surface area (Å²) in [6.07, 6.45) is -2.13. The quantitative estimate of drug-likeness (QED) is 0.323. The minimum atomic E-state index is -1.17. The van der Waals surface area contributed by atoms with Gasteiger partial charge in [0, 0.05) is 12.7 Å². The molecule has 0 aromatic heterocycles. The van der Waals surface area contributed by atoms with Crippen LogP contribution in [0.2, 0.25) is 0 Å². The van der Waals surface area contributed by atoms with Crippen molar-refractivity contribution >= 4 is 35.6 Å². The van der Waals surface area contributed by atoms with Crippen LogP contribution in [0.4, 0.5) is 4.79 Å². The lowest BCUT2D eigenvalue weighted by molar-refractivity contribution is -0.169. The molecule has 0 bridgehead atoms. The first-order valence-electron chi connectivity index (χ1n) is 6.60. The molecule has 2 aliphatic heterocycles. The molecule has 22 heavy (non-hydrogen) atoms. The van der Waals surface area contributed by atoms with Gasteiger partial charge in [-0.25, -0.2) is 9.59 Å². The van der Waals surface area contributed by atoms with E-state index in [1.807, 2.05) is 0 Å². The van der Waals surface area contributed by atoms with E-state index in [9.17, 15) is 19.2 Å². The number of esters is 1. The van der Waals surface area contributed by atoms with Crippen LogP contribution in [0.5, 0.6) is 0 Å². The lowest BCUT2D eigenvalue weighted by Gasteiger charge is -2.42. The molecule has 0 aromatic rings. The third kappa shape index (κ3) is 2.94. The van der Waals surface area contributed by atoms with Gasteiger partial charge in [0.2, 0.25) is 6.29 Å². The monoisotopic (exact) mass is 329 g/mol. The van der Waals surface area contributed by atoms with Gasteiger partial charge in [0.25, 0.3) is 11.7 Å². The topological polar surface area (TPSA) is 99.2 Å². The van der Waals surface area contributed by atoms with E-state index in [4.69, 9.17) is 9.47 Å². The highest BCUT2D eigenvalue weighted by Gasteiger charge is 2.52. The number of carbonyl (C=O) groups is 4. The van der Waals surface area contributed by atoms with Crippen LogP contribution in [-0.2, 0) is 28.6 Å². The molecule has 2 rings (SSSR count). The second-order valence-corrected chi connectivity index (χ2v) is 5.67. The van der Waals surface area contributed by atoms with Crippen molar-refractivity contribution in [3.8, 4) is 0 Å². The van der Waals surface area contributed by atoms with Crippen molar-refractivity contribution in [2.45, 2.75) is 32.4 Å². The number of amides is 1. The Balaban J connectivity index is 2.03. The van der Waals surface area contributed by atoms with Crippen LogP contribution < -0.4 is 0 Å². The molecule has 1 saturated heterocycles. The zero-order chi connectivity index (χ0) is 16.4. The summed E-state index contributed by atoms with van der Waals surface area (Å²) >= 11 is 1.27. The van der Waals surface area contributed by atoms with Gasteiger partial charge in [-0.05, 0) is 19.4 Å². The third-order valence-corrected chi connectivity index (χ3v) is 4.32. The van der Waals surface area contributed by atoms with Gasteiger partial charge >= 0.3 is 12.1 Å². The highest BCUT2D eigenvalue weighted by Crippen LogP contribution is 2.38. The summed E-state index contributed by atoms with van der Waals surface area (Å²) in [6, 6.07) is 0. The zero-order valence-corrected chi connectivity index (χ0v) is 13.1. The first-order valence-corrected chi connectivity index (χ1v) is 7.64. The molecule has 0 saturated carbocycles. The second-order valence-electron chi connectivity index (χ2n) is 4.61. The average Bonchev–Trinajstić information content (AvgIpc) is 2.45. The number of ketones is 1. The molecule has 0 N–H and O–H groups in total. The SMILES string of the molecule is CCOC(=O)O[C@H](C)OC(=O)C1=C(C)CS[C@H]2C(=O)C(=O)N12. The van der Waals surface area contributed by atoms with E-state index >= 15 is 0 Å². The maximum absolute atomic E-state index is 12.2. The molecule has 9 heteroatoms. The smallest absolute Gasteiger partial charge is 0.435 e. The molecular formula is C13H15NO7S. The van der Waals surface area contributed by atoms with Gasteiger partial charge in [-0.1, -0.05) is 0 Å². The van der Waals surface area contributed by atoms with Crippen molar-refractivity contribution in [1.29, 1.82) is 0 Å². The van der Waals surface area contributed by atoms with Crippen LogP contribution in [0, 0.1) is 0 Å². The van der Waals surface area contributed by atoms with Crippen molar-refractivity contribution in [2.24, 2.45) is 0 Å². The van der Waals surface area contributed by atoms with Gasteiger partial charge in [0.1, 0.15) is 5.70 Å². The van der Waals surface area contributed by atoms with Gasteiger partial charge in [0.05, 0.1) is 6.61 Å². The molecule has 2 heterocycles. The number of hydrogen-bond donors (Lipinski definition) is 0. The van der Waals surface area contributed by atoms with Gasteiger partial charge < -0.3 is 14.2 Å². The van der Waals surface area contributed by atoms with Crippen molar-refractivity contribution in [2.75, 3.05) is 12.4 Å². The Hall–Kier alpha value is -2.03. The Kier molecular flexibility index (Phi) is 4.74. The number of nitrogens with zero attached hydrogens (tertiary/aromatic N) is 1. The number of carbonyl (C=O) groups excluding carboxylic acids is 4. The van der Waals surface area contributed by atoms with Crippen molar-refractivity contribution in [3.63, 3.8) is 0 Å². The van der Waals surface area contributed by atoms with Crippen molar-refractivity contribution < 1.29 is 33.4 Å². The van der Waals surface area contributed by atoms with E-state index in [1.54, 1.807) is 13.8 Å². The predicted molar refractivity (Wildman–Crippen MR) is 74.5 cm³/mol. The van der Waals surface area contributed by atoms with E-state index in [2.05, 4.69) is 4.74 Å². The molecule has 120 valence electrons. The number of β-lactam (4-membered cyclic amide) rings is 1. The summed E-state index contributed by atoms with van der Waals surface area (Å²) in [6.45, 7) is 4.76. The lowest BCUT2D eigenvalue weighted by Crippen LogP contribution is -2.62. The number of rotatable bonds is 4. The van der Waals surface area contributed by atoms with Crippen LogP contribution in [0.15, 0.2) is 11.3 Å². The Bertz CT molecular complexity index is 571. The third-order valence-electron chi connectivity index (χ3n) is 2.98. The average molecular weight is 329 g/mol. The molecule has 0 aliphatic carbocycles. The molecule has 2 aliphatic rings. The fourth-order valence-electron chi connectivity index (χ4n) is 2.02. The molecule has 0 radical (unpaired) electrons. The van der Waals surface area contributed by atoms with Crippen LogP contribution in [0.1, 0.15) is 20.8 Å². The molecule has 0 aromatic carbocycles. The van der Waals surface area contributed by atoms with Crippen molar-refractivity contribution in [1.82, 2.24) is 4.90 Å². The van der Waals surface area contributed by atoms with E-state index < -0.39 is 35.5 Å². The number of ether oxygens (including phenoxy) is 3. The summed E-state index contributed by atoms with van der Waals surface area (Å²) in [7, 11) is 0. The maximum atomic E-state index is 12.2. The lowest BCUT2D eigenvalue weighted by atomic mass is 10.1. The van der Waals surface area contributed by atoms with Crippen LogP contribution in [0.25, 0.3) is 0 Å². The van der Waals surface area contributed by atoms with E-state index in [1.165, 1.54) is 18.7 Å². The molecule has 0 unspecified atom stereocenters. The molecule has 0 spiro atoms. The van der Waals surface area contributed by atoms with Gasteiger partial charge in [0.15, 0.2) is 5.37 Å². The van der Waals surface area contributed by atoms with Gasteiger partial charge in [-0.15, -0.1) is 11.8 Å². The second kappa shape index (κ2) is 6.39. The standard InChI is InChI=1S/C13H15NO7S/c1-4-19-13(18)21-7(3)20-12(17)8-6(2)5-22-11-9(15)10(16)14(8)11/h7,11H,4-5H2,1-3H3/t7-,11+/m1/s1. The minimum Gasteiger partial charge on any atom is -0.435 e. The number of thioether (sulfide) groups is 1. The molecular weight excluding hydrogens is 314 g/mol. The summed E-state index contributed by atoms with van der Waals surface area (Å²) in [5.41, 5.74) is 0.656. The van der Waals surface area contributed by atoms with Crippen molar-refractivity contribution in [3.05, 3.63) is 11.3 Å². The maximum Gasteiger partial charge on any atom is 0.511 e. The number of hydrogen-bond acceptors (Lipinski definition) is 8. The Morgan fingerprint density at radius 1 is 1.36 bits per heavy atom. The zero-order valence-electron chi connectivity index (χ0n) is 12.3. The Morgan fingerprint density at radius 3 is 2.68 bits per heavy atom. The van der Waals surface area contributed by atoms with Gasteiger partial charge in [-0.2, -0.15) is 0 Å². The highest BCUT2D eigenvalue weighted by atomic mass is 32.2. The predicted octanol–water partition coefficient (Wildman–Crippen LogP) is 0.807. The largest absolute Gasteiger partial charge is 0.511 e. The summed E-state index contributed by atoms with van der Waals surface area (Å²) in [5, 5.41) is -0.667. The fraction of sp³-hybridized carbons (Fsp3) is 0.538. The number of fused-ring (bicyclic) bond motifs is 1. The minimum absolute atomic E-state index is 0.0349. The van der Waals surface area contributed by atoms with Crippen LogP contribution in [0.3, 0.4) is 0 Å². The number of Topliss-reactive ketones (excluding diaryl/α,β-unsaturated/α-hetero) is 1. The fourth-order valence-corrected chi connectivity index (χ4v) is 3.17. The first-order chi connectivity index (χ1) is 10.4. The Morgan fingerprint density at radius 2 is 2.05 bits per heavy atom. The van der Waals surface area contributed by atoms with Crippen LogP contribution in [-0.4, -0.2) is 52.7 Å². The Labute approximate surface area is 130 Å². The summed E-state index contributed by atoms with van der Waals surface area (Å²) in [5.74, 6) is -1.64. The van der Waals surface area contributed by atoms with E-state index in [0.29, 0.717) is 11.3 Å². The van der Waals surface area contributed by atoms with Gasteiger partial charge in [-0.3, -0.25) is 14.5 Å². The molecule has 2 atom stereocenters. The van der Waals surface area contributed by atoms with E-state index in [0.717, 1.165) is 4.90 Å². The molecule has 8 nitrogen and oxygen atoms in total.